The maximum atomic E-state index is 13.5. The van der Waals surface area contributed by atoms with Gasteiger partial charge in [0.2, 0.25) is 0 Å². The van der Waals surface area contributed by atoms with Gasteiger partial charge in [0.1, 0.15) is 11.6 Å². The van der Waals surface area contributed by atoms with Gasteiger partial charge in [-0.3, -0.25) is 0 Å². The van der Waals surface area contributed by atoms with Crippen molar-refractivity contribution in [2.45, 2.75) is 11.2 Å². The smallest absolute Gasteiger partial charge is 0.129 e. The van der Waals surface area contributed by atoms with Gasteiger partial charge in [0.25, 0.3) is 0 Å². The van der Waals surface area contributed by atoms with Gasteiger partial charge in [0, 0.05) is 10.4 Å². The highest BCUT2D eigenvalue weighted by Gasteiger charge is 2.18. The van der Waals surface area contributed by atoms with Crippen molar-refractivity contribution in [2.75, 3.05) is 0 Å². The Morgan fingerprint density at radius 3 is 2.41 bits per heavy atom. The van der Waals surface area contributed by atoms with E-state index in [-0.39, 0.29) is 16.8 Å². The van der Waals surface area contributed by atoms with Crippen molar-refractivity contribution < 1.29 is 8.78 Å². The van der Waals surface area contributed by atoms with E-state index in [4.69, 9.17) is 11.6 Å². The molecule has 5 heteroatoms. The molecule has 2 rings (SSSR count). The standard InChI is InChI=1S/C12H8BrClF2S/c13-8(12-9(14)4-5-17-12)6-7-10(15)2-1-3-11(7)16/h1-5,8H,6H2. The number of rotatable bonds is 3. The molecular formula is C12H8BrClF2S. The first-order valence-electron chi connectivity index (χ1n) is 4.89. The third kappa shape index (κ3) is 2.87. The lowest BCUT2D eigenvalue weighted by Crippen LogP contribution is -2.00. The molecule has 90 valence electrons. The lowest BCUT2D eigenvalue weighted by Gasteiger charge is -2.10. The van der Waals surface area contributed by atoms with Crippen molar-refractivity contribution in [2.24, 2.45) is 0 Å². The Labute approximate surface area is 115 Å². The molecule has 0 amide bonds. The maximum absolute atomic E-state index is 13.5. The lowest BCUT2D eigenvalue weighted by atomic mass is 10.1. The molecule has 17 heavy (non-hydrogen) atoms. The Balaban J connectivity index is 2.25. The molecule has 0 spiro atoms. The molecule has 0 bridgehead atoms. The van der Waals surface area contributed by atoms with Crippen LogP contribution in [-0.4, -0.2) is 0 Å². The van der Waals surface area contributed by atoms with Crippen LogP contribution in [0.15, 0.2) is 29.6 Å². The molecule has 1 aromatic carbocycles. The predicted octanol–water partition coefficient (Wildman–Crippen LogP) is 5.36. The van der Waals surface area contributed by atoms with Crippen LogP contribution >= 0.6 is 38.9 Å². The molecule has 0 saturated heterocycles. The van der Waals surface area contributed by atoms with Crippen molar-refractivity contribution in [1.29, 1.82) is 0 Å². The molecular weight excluding hydrogens is 330 g/mol. The summed E-state index contributed by atoms with van der Waals surface area (Å²) in [4.78, 5) is 0.704. The second-order valence-electron chi connectivity index (χ2n) is 3.50. The molecule has 1 unspecified atom stereocenters. The summed E-state index contributed by atoms with van der Waals surface area (Å²) in [6.07, 6.45) is 0.235. The van der Waals surface area contributed by atoms with E-state index in [0.717, 1.165) is 4.88 Å². The summed E-state index contributed by atoms with van der Waals surface area (Å²) in [5, 5.41) is 2.47. The highest BCUT2D eigenvalue weighted by Crippen LogP contribution is 2.37. The van der Waals surface area contributed by atoms with E-state index in [9.17, 15) is 8.78 Å². The summed E-state index contributed by atoms with van der Waals surface area (Å²) >= 11 is 10.9. The molecule has 0 radical (unpaired) electrons. The van der Waals surface area contributed by atoms with Crippen molar-refractivity contribution in [3.63, 3.8) is 0 Å². The Morgan fingerprint density at radius 1 is 1.24 bits per heavy atom. The third-order valence-electron chi connectivity index (χ3n) is 2.37. The Morgan fingerprint density at radius 2 is 1.88 bits per heavy atom. The topological polar surface area (TPSA) is 0 Å². The first kappa shape index (κ1) is 13.0. The molecule has 1 aromatic heterocycles. The van der Waals surface area contributed by atoms with E-state index >= 15 is 0 Å². The van der Waals surface area contributed by atoms with E-state index in [2.05, 4.69) is 15.9 Å². The van der Waals surface area contributed by atoms with E-state index < -0.39 is 11.6 Å². The minimum absolute atomic E-state index is 0.0823. The monoisotopic (exact) mass is 336 g/mol. The van der Waals surface area contributed by atoms with Gasteiger partial charge in [-0.15, -0.1) is 11.3 Å². The van der Waals surface area contributed by atoms with Crippen molar-refractivity contribution in [3.8, 4) is 0 Å². The largest absolute Gasteiger partial charge is 0.207 e. The van der Waals surface area contributed by atoms with E-state index in [1.165, 1.54) is 29.5 Å². The maximum Gasteiger partial charge on any atom is 0.129 e. The van der Waals surface area contributed by atoms with Crippen LogP contribution in [0, 0.1) is 11.6 Å². The van der Waals surface area contributed by atoms with Crippen LogP contribution in [0.3, 0.4) is 0 Å². The van der Waals surface area contributed by atoms with Crippen LogP contribution in [0.5, 0.6) is 0 Å². The molecule has 0 saturated carbocycles. The summed E-state index contributed by atoms with van der Waals surface area (Å²) in [6.45, 7) is 0. The minimum atomic E-state index is -0.526. The average Bonchev–Trinajstić information content (AvgIpc) is 2.70. The Bertz CT molecular complexity index is 507. The fourth-order valence-electron chi connectivity index (χ4n) is 1.53. The molecule has 0 fully saturated rings. The van der Waals surface area contributed by atoms with Crippen LogP contribution in [-0.2, 0) is 6.42 Å². The van der Waals surface area contributed by atoms with Crippen molar-refractivity contribution in [1.82, 2.24) is 0 Å². The number of halogens is 4. The number of hydrogen-bond acceptors (Lipinski definition) is 1. The molecule has 2 aromatic rings. The molecule has 0 N–H and O–H groups in total. The molecule has 1 heterocycles. The van der Waals surface area contributed by atoms with Gasteiger partial charge in [0.05, 0.1) is 9.85 Å². The van der Waals surface area contributed by atoms with E-state index in [1.807, 2.05) is 5.38 Å². The Hall–Kier alpha value is -0.450. The first-order valence-corrected chi connectivity index (χ1v) is 7.06. The molecule has 0 aliphatic rings. The summed E-state index contributed by atoms with van der Waals surface area (Å²) < 4.78 is 26.9. The van der Waals surface area contributed by atoms with Crippen LogP contribution in [0.25, 0.3) is 0 Å². The fourth-order valence-corrected chi connectivity index (χ4v) is 3.72. The van der Waals surface area contributed by atoms with E-state index in [1.54, 1.807) is 6.07 Å². The zero-order chi connectivity index (χ0) is 12.4. The number of hydrogen-bond donors (Lipinski definition) is 0. The summed E-state index contributed by atoms with van der Waals surface area (Å²) in [5.74, 6) is -1.05. The number of thiophene rings is 1. The van der Waals surface area contributed by atoms with Gasteiger partial charge in [-0.25, -0.2) is 8.78 Å². The van der Waals surface area contributed by atoms with Gasteiger partial charge in [-0.2, -0.15) is 0 Å². The lowest BCUT2D eigenvalue weighted by molar-refractivity contribution is 0.554. The third-order valence-corrected chi connectivity index (χ3v) is 4.93. The second-order valence-corrected chi connectivity index (χ2v) is 5.96. The van der Waals surface area contributed by atoms with Gasteiger partial charge in [-0.1, -0.05) is 33.6 Å². The fraction of sp³-hybridized carbons (Fsp3) is 0.167. The number of alkyl halides is 1. The second kappa shape index (κ2) is 5.46. The highest BCUT2D eigenvalue weighted by molar-refractivity contribution is 9.09. The van der Waals surface area contributed by atoms with Crippen molar-refractivity contribution in [3.05, 3.63) is 56.7 Å². The quantitative estimate of drug-likeness (QED) is 0.662. The van der Waals surface area contributed by atoms with Crippen LogP contribution in [0.4, 0.5) is 8.78 Å². The van der Waals surface area contributed by atoms with Crippen LogP contribution < -0.4 is 0 Å². The van der Waals surface area contributed by atoms with Gasteiger partial charge in [0.15, 0.2) is 0 Å². The first-order chi connectivity index (χ1) is 8.09. The molecule has 0 aliphatic carbocycles. The summed E-state index contributed by atoms with van der Waals surface area (Å²) in [6, 6.07) is 5.64. The summed E-state index contributed by atoms with van der Waals surface area (Å²) in [5.41, 5.74) is 0.0823. The molecule has 0 nitrogen and oxygen atoms in total. The average molecular weight is 338 g/mol. The van der Waals surface area contributed by atoms with E-state index in [0.29, 0.717) is 5.02 Å². The highest BCUT2D eigenvalue weighted by atomic mass is 79.9. The normalized spacial score (nSPS) is 12.7. The SMILES string of the molecule is Fc1cccc(F)c1CC(Br)c1sccc1Cl. The Kier molecular flexibility index (Phi) is 4.17. The van der Waals surface area contributed by atoms with Crippen molar-refractivity contribution >= 4 is 38.9 Å². The summed E-state index contributed by atoms with van der Waals surface area (Å²) in [7, 11) is 0. The predicted molar refractivity (Wildman–Crippen MR) is 71.1 cm³/mol. The van der Waals surface area contributed by atoms with Gasteiger partial charge in [-0.05, 0) is 30.0 Å². The van der Waals surface area contributed by atoms with Crippen LogP contribution in [0.2, 0.25) is 5.02 Å². The zero-order valence-electron chi connectivity index (χ0n) is 8.59. The molecule has 0 aliphatic heterocycles. The zero-order valence-corrected chi connectivity index (χ0v) is 11.7. The minimum Gasteiger partial charge on any atom is -0.207 e. The van der Waals surface area contributed by atoms with Crippen LogP contribution in [0.1, 0.15) is 15.3 Å². The number of benzene rings is 1. The van der Waals surface area contributed by atoms with Gasteiger partial charge < -0.3 is 0 Å². The molecule has 1 atom stereocenters. The van der Waals surface area contributed by atoms with Gasteiger partial charge >= 0.3 is 0 Å².